The molecule has 0 saturated carbocycles. The Morgan fingerprint density at radius 1 is 1.24 bits per heavy atom. The summed E-state index contributed by atoms with van der Waals surface area (Å²) >= 11 is 4.79. The number of carbonyl (C=O) groups is 1. The van der Waals surface area contributed by atoms with Crippen LogP contribution in [0.3, 0.4) is 0 Å². The van der Waals surface area contributed by atoms with Crippen molar-refractivity contribution in [2.24, 2.45) is 0 Å². The first-order valence-electron chi connectivity index (χ1n) is 7.70. The first-order valence-corrected chi connectivity index (χ1v) is 9.37. The molecule has 25 heavy (non-hydrogen) atoms. The molecule has 4 aromatic rings. The first-order chi connectivity index (χ1) is 12.1. The lowest BCUT2D eigenvalue weighted by Crippen LogP contribution is -2.11. The molecule has 1 amide bonds. The molecule has 124 valence electrons. The Morgan fingerprint density at radius 2 is 2.12 bits per heavy atom. The fourth-order valence-corrected chi connectivity index (χ4v) is 3.93. The van der Waals surface area contributed by atoms with E-state index in [-0.39, 0.29) is 5.91 Å². The maximum absolute atomic E-state index is 12.4. The highest BCUT2D eigenvalue weighted by Gasteiger charge is 2.12. The predicted molar refractivity (Wildman–Crippen MR) is 105 cm³/mol. The van der Waals surface area contributed by atoms with Crippen molar-refractivity contribution in [1.29, 1.82) is 0 Å². The van der Waals surface area contributed by atoms with E-state index < -0.39 is 0 Å². The quantitative estimate of drug-likeness (QED) is 0.491. The van der Waals surface area contributed by atoms with Crippen molar-refractivity contribution >= 4 is 44.5 Å². The highest BCUT2D eigenvalue weighted by atomic mass is 79.9. The molecule has 1 aromatic carbocycles. The van der Waals surface area contributed by atoms with Crippen LogP contribution in [0.1, 0.15) is 15.2 Å². The molecule has 0 spiro atoms. The minimum absolute atomic E-state index is 0.106. The monoisotopic (exact) mass is 411 g/mol. The molecule has 0 aliphatic heterocycles. The number of aryl methyl sites for hydroxylation is 1. The summed E-state index contributed by atoms with van der Waals surface area (Å²) in [6.07, 6.45) is 3.96. The van der Waals surface area contributed by atoms with E-state index in [4.69, 9.17) is 0 Å². The predicted octanol–water partition coefficient (Wildman–Crippen LogP) is 5.39. The first kappa shape index (κ1) is 16.1. The van der Waals surface area contributed by atoms with Gasteiger partial charge in [-0.2, -0.15) is 0 Å². The average Bonchev–Trinajstić information content (AvgIpc) is 3.23. The molecular weight excluding hydrogens is 398 g/mol. The summed E-state index contributed by atoms with van der Waals surface area (Å²) in [4.78, 5) is 17.7. The summed E-state index contributed by atoms with van der Waals surface area (Å²) in [5, 5.41) is 4.90. The number of aromatic nitrogens is 2. The van der Waals surface area contributed by atoms with Crippen LogP contribution in [-0.2, 0) is 0 Å². The molecule has 3 heterocycles. The molecule has 4 rings (SSSR count). The molecular formula is C19H14BrN3OS. The lowest BCUT2D eigenvalue weighted by atomic mass is 10.1. The number of carbonyl (C=O) groups excluding carboxylic acids is 1. The van der Waals surface area contributed by atoms with Gasteiger partial charge >= 0.3 is 0 Å². The van der Waals surface area contributed by atoms with Crippen molar-refractivity contribution in [3.63, 3.8) is 0 Å². The fourth-order valence-electron chi connectivity index (χ4n) is 2.61. The van der Waals surface area contributed by atoms with Crippen LogP contribution < -0.4 is 5.32 Å². The highest BCUT2D eigenvalue weighted by molar-refractivity contribution is 9.10. The minimum atomic E-state index is -0.106. The lowest BCUT2D eigenvalue weighted by molar-refractivity contribution is 0.103. The summed E-state index contributed by atoms with van der Waals surface area (Å²) in [7, 11) is 0. The van der Waals surface area contributed by atoms with Gasteiger partial charge in [0.2, 0.25) is 0 Å². The SMILES string of the molecule is Cc1ccc(-c2cn3ccccc3n2)cc1NC(=O)c1cc(Br)cs1. The topological polar surface area (TPSA) is 46.4 Å². The number of amides is 1. The normalized spacial score (nSPS) is 11.0. The van der Waals surface area contributed by atoms with Crippen molar-refractivity contribution in [1.82, 2.24) is 9.38 Å². The van der Waals surface area contributed by atoms with Crippen LogP contribution in [-0.4, -0.2) is 15.3 Å². The number of fused-ring (bicyclic) bond motifs is 1. The smallest absolute Gasteiger partial charge is 0.265 e. The highest BCUT2D eigenvalue weighted by Crippen LogP contribution is 2.27. The number of halogens is 1. The van der Waals surface area contributed by atoms with Gasteiger partial charge in [-0.25, -0.2) is 4.98 Å². The third kappa shape index (κ3) is 3.23. The summed E-state index contributed by atoms with van der Waals surface area (Å²) in [5.41, 5.74) is 4.55. The van der Waals surface area contributed by atoms with Gasteiger partial charge in [0.25, 0.3) is 5.91 Å². The van der Waals surface area contributed by atoms with Gasteiger partial charge in [0.05, 0.1) is 10.6 Å². The van der Waals surface area contributed by atoms with Crippen molar-refractivity contribution in [2.45, 2.75) is 6.92 Å². The van der Waals surface area contributed by atoms with Crippen LogP contribution in [0.15, 0.2) is 64.7 Å². The molecule has 0 radical (unpaired) electrons. The van der Waals surface area contributed by atoms with Crippen LogP contribution >= 0.6 is 27.3 Å². The number of imidazole rings is 1. The van der Waals surface area contributed by atoms with Crippen LogP contribution in [0.25, 0.3) is 16.9 Å². The Bertz CT molecular complexity index is 1050. The van der Waals surface area contributed by atoms with Crippen LogP contribution in [0.4, 0.5) is 5.69 Å². The lowest BCUT2D eigenvalue weighted by Gasteiger charge is -2.09. The van der Waals surface area contributed by atoms with E-state index in [0.717, 1.165) is 32.6 Å². The van der Waals surface area contributed by atoms with Gasteiger partial charge < -0.3 is 9.72 Å². The summed E-state index contributed by atoms with van der Waals surface area (Å²) in [6, 6.07) is 13.7. The molecule has 0 fully saturated rings. The van der Waals surface area contributed by atoms with Crippen molar-refractivity contribution < 1.29 is 4.79 Å². The molecule has 0 saturated heterocycles. The van der Waals surface area contributed by atoms with E-state index >= 15 is 0 Å². The standard InChI is InChI=1S/C19H14BrN3OS/c1-12-5-6-13(16-10-23-7-3-2-4-18(23)21-16)8-15(12)22-19(24)17-9-14(20)11-25-17/h2-11H,1H3,(H,22,24). The number of hydrogen-bond acceptors (Lipinski definition) is 3. The number of nitrogens with zero attached hydrogens (tertiary/aromatic N) is 2. The zero-order chi connectivity index (χ0) is 17.4. The third-order valence-corrected chi connectivity index (χ3v) is 5.63. The number of pyridine rings is 1. The zero-order valence-corrected chi connectivity index (χ0v) is 15.8. The van der Waals surface area contributed by atoms with Gasteiger partial charge in [0, 0.05) is 33.5 Å². The second kappa shape index (κ2) is 6.46. The molecule has 0 unspecified atom stereocenters. The molecule has 1 N–H and O–H groups in total. The maximum atomic E-state index is 12.4. The number of thiophene rings is 1. The molecule has 0 aliphatic rings. The van der Waals surface area contributed by atoms with Gasteiger partial charge in [-0.15, -0.1) is 11.3 Å². The van der Waals surface area contributed by atoms with E-state index in [1.165, 1.54) is 11.3 Å². The third-order valence-electron chi connectivity index (χ3n) is 3.94. The Labute approximate surface area is 157 Å². The van der Waals surface area contributed by atoms with Crippen molar-refractivity contribution in [3.8, 4) is 11.3 Å². The molecule has 0 aliphatic carbocycles. The van der Waals surface area contributed by atoms with E-state index in [1.54, 1.807) is 0 Å². The van der Waals surface area contributed by atoms with Gasteiger partial charge in [-0.05, 0) is 52.7 Å². The average molecular weight is 412 g/mol. The van der Waals surface area contributed by atoms with Gasteiger partial charge in [0.15, 0.2) is 0 Å². The number of hydrogen-bond donors (Lipinski definition) is 1. The number of anilines is 1. The summed E-state index contributed by atoms with van der Waals surface area (Å²) in [5.74, 6) is -0.106. The van der Waals surface area contributed by atoms with E-state index in [9.17, 15) is 4.79 Å². The molecule has 0 bridgehead atoms. The fraction of sp³-hybridized carbons (Fsp3) is 0.0526. The van der Waals surface area contributed by atoms with E-state index in [0.29, 0.717) is 4.88 Å². The Hall–Kier alpha value is -2.44. The van der Waals surface area contributed by atoms with Crippen LogP contribution in [0, 0.1) is 6.92 Å². The van der Waals surface area contributed by atoms with Gasteiger partial charge in [-0.1, -0.05) is 18.2 Å². The van der Waals surface area contributed by atoms with E-state index in [2.05, 4.69) is 26.2 Å². The maximum Gasteiger partial charge on any atom is 0.265 e. The second-order valence-electron chi connectivity index (χ2n) is 5.71. The number of nitrogens with one attached hydrogen (secondary N) is 1. The molecule has 6 heteroatoms. The number of benzene rings is 1. The van der Waals surface area contributed by atoms with Crippen LogP contribution in [0.2, 0.25) is 0 Å². The largest absolute Gasteiger partial charge is 0.321 e. The Morgan fingerprint density at radius 3 is 2.88 bits per heavy atom. The summed E-state index contributed by atoms with van der Waals surface area (Å²) < 4.78 is 2.90. The molecule has 3 aromatic heterocycles. The van der Waals surface area contributed by atoms with Gasteiger partial charge in [0.1, 0.15) is 5.65 Å². The Kier molecular flexibility index (Phi) is 4.15. The second-order valence-corrected chi connectivity index (χ2v) is 7.53. The molecule has 0 atom stereocenters. The minimum Gasteiger partial charge on any atom is -0.321 e. The van der Waals surface area contributed by atoms with Gasteiger partial charge in [-0.3, -0.25) is 4.79 Å². The van der Waals surface area contributed by atoms with E-state index in [1.807, 2.05) is 71.6 Å². The van der Waals surface area contributed by atoms with Crippen molar-refractivity contribution in [2.75, 3.05) is 5.32 Å². The summed E-state index contributed by atoms with van der Waals surface area (Å²) in [6.45, 7) is 1.98. The number of rotatable bonds is 3. The van der Waals surface area contributed by atoms with Crippen molar-refractivity contribution in [3.05, 3.63) is 75.2 Å². The Balaban J connectivity index is 1.67. The molecule has 4 nitrogen and oxygen atoms in total. The van der Waals surface area contributed by atoms with Crippen LogP contribution in [0.5, 0.6) is 0 Å². The zero-order valence-electron chi connectivity index (χ0n) is 13.4.